The predicted octanol–water partition coefficient (Wildman–Crippen LogP) is 2.64. The zero-order valence-corrected chi connectivity index (χ0v) is 56.5. The molecule has 3 heterocycles. The Labute approximate surface area is 568 Å². The maximum Gasteiger partial charge on any atom is 0.407 e. The SMILES string of the molecule is CC(=O)N[C@H]1[C@@H](O[C@H](C)[C@H](NC(=O)OCC2c3ccccc3-c3ccccc32)C(=O)OC(C)(C)C)O[C@H](CO)[C@H](O)[C@@H]1O[C@@H]1O[C@H](CF)[C@H](OC(C)=O)[C@H](O[C@]2(C(=O)OCc3ccccc3)C[C@H](OC(C)=O)[C@@H](NC(C)=O)[C@H]([C@H](OC(C)=O)[C@@H](COC(C)=O)OC(C)=O)O2)[C@H]1OC(C)=O. The lowest BCUT2D eigenvalue weighted by atomic mass is 9.87. The van der Waals surface area contributed by atoms with Crippen LogP contribution in [0.25, 0.3) is 11.1 Å². The third-order valence-electron chi connectivity index (χ3n) is 15.8. The maximum atomic E-state index is 16.1. The summed E-state index contributed by atoms with van der Waals surface area (Å²) in [4.78, 5) is 149. The van der Waals surface area contributed by atoms with Gasteiger partial charge in [0.2, 0.25) is 11.8 Å². The van der Waals surface area contributed by atoms with Gasteiger partial charge < -0.3 is 97.2 Å². The minimum Gasteiger partial charge on any atom is -0.462 e. The van der Waals surface area contributed by atoms with E-state index < -0.39 is 220 Å². The fraction of sp³-hybridized carbons (Fsp3) is 0.567. The van der Waals surface area contributed by atoms with Crippen LogP contribution >= 0.6 is 0 Å². The summed E-state index contributed by atoms with van der Waals surface area (Å²) >= 11 is 0. The molecule has 32 heteroatoms. The van der Waals surface area contributed by atoms with Crippen molar-refractivity contribution in [3.8, 4) is 11.1 Å². The molecule has 99 heavy (non-hydrogen) atoms. The molecule has 3 fully saturated rings. The highest BCUT2D eigenvalue weighted by Crippen LogP contribution is 2.46. The number of alkyl halides is 1. The number of benzene rings is 3. The molecule has 1 aliphatic carbocycles. The Morgan fingerprint density at radius 2 is 1.21 bits per heavy atom. The summed E-state index contributed by atoms with van der Waals surface area (Å²) in [7, 11) is 0. The molecule has 3 aliphatic heterocycles. The fourth-order valence-electron chi connectivity index (χ4n) is 12.0. The number of esters is 8. The quantitative estimate of drug-likeness (QED) is 0.0541. The molecule has 0 unspecified atom stereocenters. The molecule has 0 radical (unpaired) electrons. The van der Waals surface area contributed by atoms with E-state index in [-0.39, 0.29) is 6.61 Å². The number of hydrogen-bond donors (Lipinski definition) is 5. The largest absolute Gasteiger partial charge is 0.462 e. The highest BCUT2D eigenvalue weighted by atomic mass is 19.1. The van der Waals surface area contributed by atoms with Crippen LogP contribution in [0, 0.1) is 0 Å². The number of nitrogens with one attached hydrogen (secondary N) is 3. The van der Waals surface area contributed by atoms with E-state index in [4.69, 9.17) is 71.1 Å². The number of aliphatic hydroxyl groups is 2. The number of carbonyl (C=O) groups is 11. The molecular weight excluding hydrogens is 1310 g/mol. The van der Waals surface area contributed by atoms with Crippen LogP contribution in [-0.2, 0) is 126 Å². The van der Waals surface area contributed by atoms with Crippen LogP contribution in [-0.4, -0.2) is 218 Å². The molecule has 7 rings (SSSR count). The molecule has 18 atom stereocenters. The van der Waals surface area contributed by atoms with Crippen LogP contribution in [0.1, 0.15) is 112 Å². The smallest absolute Gasteiger partial charge is 0.407 e. The van der Waals surface area contributed by atoms with E-state index in [2.05, 4.69) is 16.0 Å². The van der Waals surface area contributed by atoms with Gasteiger partial charge in [-0.3, -0.25) is 38.4 Å². The van der Waals surface area contributed by atoms with Crippen molar-refractivity contribution in [2.75, 3.05) is 26.5 Å². The third kappa shape index (κ3) is 20.5. The van der Waals surface area contributed by atoms with Gasteiger partial charge in [-0.1, -0.05) is 78.9 Å². The van der Waals surface area contributed by atoms with Gasteiger partial charge in [0.05, 0.1) is 25.2 Å². The molecule has 4 aliphatic rings. The van der Waals surface area contributed by atoms with Gasteiger partial charge in [0.1, 0.15) is 80.9 Å². The molecule has 31 nitrogen and oxygen atoms in total. The minimum atomic E-state index is -3.27. The van der Waals surface area contributed by atoms with E-state index in [9.17, 15) is 58.2 Å². The Hall–Kier alpha value is -8.76. The zero-order valence-electron chi connectivity index (χ0n) is 56.5. The lowest BCUT2D eigenvalue weighted by molar-refractivity contribution is -0.382. The van der Waals surface area contributed by atoms with E-state index in [0.29, 0.717) is 5.56 Å². The highest BCUT2D eigenvalue weighted by Gasteiger charge is 2.64. The van der Waals surface area contributed by atoms with Gasteiger partial charge in [0.15, 0.2) is 43.0 Å². The summed E-state index contributed by atoms with van der Waals surface area (Å²) < 4.78 is 106. The first-order valence-electron chi connectivity index (χ1n) is 31.6. The van der Waals surface area contributed by atoms with Gasteiger partial charge in [0.25, 0.3) is 5.79 Å². The predicted molar refractivity (Wildman–Crippen MR) is 333 cm³/mol. The number of amides is 3. The normalized spacial score (nSPS) is 26.9. The summed E-state index contributed by atoms with van der Waals surface area (Å²) in [6, 6.07) is 17.7. The van der Waals surface area contributed by atoms with Crippen LogP contribution < -0.4 is 16.0 Å². The van der Waals surface area contributed by atoms with E-state index in [0.717, 1.165) is 77.6 Å². The van der Waals surface area contributed by atoms with Crippen LogP contribution in [0.5, 0.6) is 0 Å². The van der Waals surface area contributed by atoms with Crippen LogP contribution in [0.4, 0.5) is 9.18 Å². The molecular formula is C67H84FN3O28. The van der Waals surface area contributed by atoms with E-state index in [1.165, 1.54) is 19.1 Å². The van der Waals surface area contributed by atoms with Crippen molar-refractivity contribution in [3.05, 3.63) is 95.6 Å². The topological polar surface area (TPSA) is 403 Å². The maximum absolute atomic E-state index is 16.1. The highest BCUT2D eigenvalue weighted by molar-refractivity contribution is 5.83. The lowest BCUT2D eigenvalue weighted by Crippen LogP contribution is -2.72. The van der Waals surface area contributed by atoms with Crippen molar-refractivity contribution < 1.29 is 138 Å². The van der Waals surface area contributed by atoms with Gasteiger partial charge in [0, 0.05) is 61.3 Å². The van der Waals surface area contributed by atoms with Crippen LogP contribution in [0.15, 0.2) is 78.9 Å². The Morgan fingerprint density at radius 1 is 0.646 bits per heavy atom. The second-order valence-electron chi connectivity index (χ2n) is 24.8. The molecule has 3 aromatic rings. The first-order valence-corrected chi connectivity index (χ1v) is 31.6. The molecule has 3 aromatic carbocycles. The van der Waals surface area contributed by atoms with Crippen molar-refractivity contribution in [2.45, 2.75) is 217 Å². The summed E-state index contributed by atoms with van der Waals surface area (Å²) in [5.41, 5.74) is 2.80. The minimum absolute atomic E-state index is 0.190. The van der Waals surface area contributed by atoms with E-state index in [1.807, 2.05) is 48.5 Å². The van der Waals surface area contributed by atoms with Crippen LogP contribution in [0.3, 0.4) is 0 Å². The number of hydrogen-bond acceptors (Lipinski definition) is 28. The average Bonchev–Trinajstić information content (AvgIpc) is 1.66. The number of halogens is 1. The lowest BCUT2D eigenvalue weighted by Gasteiger charge is -2.52. The molecule has 0 bridgehead atoms. The molecule has 3 saturated heterocycles. The van der Waals surface area contributed by atoms with Crippen molar-refractivity contribution in [1.82, 2.24) is 16.0 Å². The van der Waals surface area contributed by atoms with Gasteiger partial charge in [-0.15, -0.1) is 0 Å². The second-order valence-corrected chi connectivity index (χ2v) is 24.8. The van der Waals surface area contributed by atoms with Gasteiger partial charge in [-0.2, -0.15) is 0 Å². The van der Waals surface area contributed by atoms with Crippen LogP contribution in [0.2, 0.25) is 0 Å². The molecule has 3 amide bonds. The standard InChI is InChI=1S/C67H84FN3O28/c1-32(51(61(82)99-66(10,11)12)71-65(84)87-30-46-44-24-18-16-22-42(44)43-23-17-19-25-45(43)46)88-62-53(70-34(3)74)57(54(81)49(28-72)95-62)96-63-60(93-40(9)80)59(55(91-38(7)78)48(27-68)94-63)98-67(64(83)86-29-41-20-14-13-15-21-41)26-47(89-36(5)76)52(69-33(2)73)58(97-67)56(92-39(8)79)50(90-37(6)77)31-85-35(4)75/h13-25,32,46-60,62-63,72,81H,26-31H2,1-12H3,(H,69,73)(H,70,74)(H,71,84)/t32-,47+,48-,49-,50-,51+,52-,53-,54+,55+,56-,57-,58-,59+,60-,62+,63+,67+/m1/s1. The fourth-order valence-corrected chi connectivity index (χ4v) is 12.0. The average molecular weight is 1400 g/mol. The Balaban J connectivity index is 1.33. The number of fused-ring (bicyclic) bond motifs is 3. The van der Waals surface area contributed by atoms with E-state index >= 15 is 9.18 Å². The molecule has 5 N–H and O–H groups in total. The Morgan fingerprint density at radius 3 is 1.76 bits per heavy atom. The second kappa shape index (κ2) is 34.3. The Bertz CT molecular complexity index is 3340. The number of rotatable bonds is 27. The van der Waals surface area contributed by atoms with Gasteiger partial charge in [-0.25, -0.2) is 18.8 Å². The van der Waals surface area contributed by atoms with Crippen molar-refractivity contribution in [2.24, 2.45) is 0 Å². The van der Waals surface area contributed by atoms with Crippen molar-refractivity contribution in [1.29, 1.82) is 0 Å². The third-order valence-corrected chi connectivity index (χ3v) is 15.8. The number of aliphatic hydroxyl groups excluding tert-OH is 2. The molecule has 0 spiro atoms. The molecule has 0 saturated carbocycles. The summed E-state index contributed by atoms with van der Waals surface area (Å²) in [6.45, 7) is 9.05. The summed E-state index contributed by atoms with van der Waals surface area (Å²) in [5.74, 6) is -14.7. The first kappa shape index (κ1) is 77.6. The monoisotopic (exact) mass is 1400 g/mol. The number of ether oxygens (including phenoxy) is 15. The van der Waals surface area contributed by atoms with Crippen molar-refractivity contribution in [3.63, 3.8) is 0 Å². The number of carbonyl (C=O) groups excluding carboxylic acids is 11. The van der Waals surface area contributed by atoms with Crippen molar-refractivity contribution >= 4 is 65.7 Å². The zero-order chi connectivity index (χ0) is 72.8. The molecule has 542 valence electrons. The van der Waals surface area contributed by atoms with E-state index in [1.54, 1.807) is 39.0 Å². The van der Waals surface area contributed by atoms with Gasteiger partial charge >= 0.3 is 53.8 Å². The first-order chi connectivity index (χ1) is 46.7. The summed E-state index contributed by atoms with van der Waals surface area (Å²) in [5, 5.41) is 30.7. The number of alkyl carbamates (subject to hydrolysis) is 1. The Kier molecular flexibility index (Phi) is 26.9. The summed E-state index contributed by atoms with van der Waals surface area (Å²) in [6.07, 6.45) is -31.1. The van der Waals surface area contributed by atoms with Gasteiger partial charge in [-0.05, 0) is 55.5 Å². The molecule has 0 aromatic heterocycles.